The van der Waals surface area contributed by atoms with Crippen molar-refractivity contribution in [3.63, 3.8) is 0 Å². The molecular weight excluding hydrogens is 396 g/mol. The molecule has 152 valence electrons. The highest BCUT2D eigenvalue weighted by Crippen LogP contribution is 2.26. The van der Waals surface area contributed by atoms with Crippen LogP contribution in [0, 0.1) is 0 Å². The van der Waals surface area contributed by atoms with E-state index in [1.807, 2.05) is 0 Å². The predicted molar refractivity (Wildman–Crippen MR) is 93.4 cm³/mol. The molecule has 0 fully saturated rings. The minimum Gasteiger partial charge on any atom is -0.444 e. The van der Waals surface area contributed by atoms with Crippen molar-refractivity contribution in [2.24, 2.45) is 0 Å². The van der Waals surface area contributed by atoms with Crippen molar-refractivity contribution < 1.29 is 31.5 Å². The second-order valence-corrected chi connectivity index (χ2v) is 8.96. The molecule has 11 heteroatoms. The van der Waals surface area contributed by atoms with E-state index in [4.69, 9.17) is 4.74 Å². The molecule has 0 saturated carbocycles. The maximum atomic E-state index is 12.7. The zero-order chi connectivity index (χ0) is 20.7. The van der Waals surface area contributed by atoms with Crippen molar-refractivity contribution in [3.8, 4) is 5.75 Å². The lowest BCUT2D eigenvalue weighted by molar-refractivity contribution is -0.0500. The molecule has 0 saturated heterocycles. The molecule has 0 radical (unpaired) electrons. The molecule has 1 aromatic heterocycles. The van der Waals surface area contributed by atoms with Crippen molar-refractivity contribution in [2.75, 3.05) is 0 Å². The van der Waals surface area contributed by atoms with E-state index in [-0.39, 0.29) is 23.7 Å². The molecule has 0 N–H and O–H groups in total. The topological polar surface area (TPSA) is 90.7 Å². The molecule has 0 spiro atoms. The Morgan fingerprint density at radius 1 is 1.25 bits per heavy atom. The second kappa shape index (κ2) is 7.04. The van der Waals surface area contributed by atoms with Gasteiger partial charge < -0.3 is 9.47 Å². The minimum atomic E-state index is -4.10. The Hall–Kier alpha value is -2.69. The number of nitrogens with zero attached hydrogens (tertiary/aromatic N) is 3. The Balaban J connectivity index is 1.79. The second-order valence-electron chi connectivity index (χ2n) is 7.17. The number of hydrogen-bond acceptors (Lipinski definition) is 6. The SMILES string of the molecule is CC(C)(C)OC(=O)N1Cc2cn(S(=O)(=O)c3cccc(OC(F)F)c3)nc2C1. The van der Waals surface area contributed by atoms with Gasteiger partial charge in [-0.1, -0.05) is 6.07 Å². The van der Waals surface area contributed by atoms with Gasteiger partial charge in [0, 0.05) is 17.8 Å². The number of ether oxygens (including phenoxy) is 2. The largest absolute Gasteiger partial charge is 0.444 e. The van der Waals surface area contributed by atoms with E-state index in [9.17, 15) is 22.0 Å². The molecule has 0 bridgehead atoms. The fourth-order valence-corrected chi connectivity index (χ4v) is 3.83. The first-order valence-electron chi connectivity index (χ1n) is 8.31. The van der Waals surface area contributed by atoms with Gasteiger partial charge in [-0.15, -0.1) is 0 Å². The van der Waals surface area contributed by atoms with E-state index in [0.717, 1.165) is 10.2 Å². The van der Waals surface area contributed by atoms with E-state index in [1.54, 1.807) is 20.8 Å². The average molecular weight is 415 g/mol. The Morgan fingerprint density at radius 3 is 2.57 bits per heavy atom. The third kappa shape index (κ3) is 4.24. The molecule has 2 aromatic rings. The van der Waals surface area contributed by atoms with Crippen LogP contribution >= 0.6 is 0 Å². The summed E-state index contributed by atoms with van der Waals surface area (Å²) in [7, 11) is -4.10. The Kier molecular flexibility index (Phi) is 5.04. The van der Waals surface area contributed by atoms with E-state index >= 15 is 0 Å². The summed E-state index contributed by atoms with van der Waals surface area (Å²) >= 11 is 0. The van der Waals surface area contributed by atoms with Gasteiger partial charge in [0.25, 0.3) is 10.0 Å². The number of amides is 1. The molecule has 1 aliphatic heterocycles. The highest BCUT2D eigenvalue weighted by atomic mass is 32.2. The van der Waals surface area contributed by atoms with Crippen LogP contribution in [-0.2, 0) is 27.8 Å². The molecule has 1 aromatic carbocycles. The fourth-order valence-electron chi connectivity index (χ4n) is 2.63. The Labute approximate surface area is 160 Å². The van der Waals surface area contributed by atoms with Crippen molar-refractivity contribution >= 4 is 16.1 Å². The lowest BCUT2D eigenvalue weighted by Gasteiger charge is -2.24. The Morgan fingerprint density at radius 2 is 1.96 bits per heavy atom. The summed E-state index contributed by atoms with van der Waals surface area (Å²) in [5.74, 6) is -0.271. The molecular formula is C17H19F2N3O5S. The first-order chi connectivity index (χ1) is 13.0. The molecule has 2 heterocycles. The van der Waals surface area contributed by atoms with Crippen LogP contribution in [0.5, 0.6) is 5.75 Å². The maximum Gasteiger partial charge on any atom is 0.410 e. The van der Waals surface area contributed by atoms with Crippen LogP contribution in [0.4, 0.5) is 13.6 Å². The molecule has 1 amide bonds. The van der Waals surface area contributed by atoms with Crippen molar-refractivity contribution in [1.82, 2.24) is 14.1 Å². The van der Waals surface area contributed by atoms with Crippen LogP contribution in [-0.4, -0.2) is 40.8 Å². The van der Waals surface area contributed by atoms with Gasteiger partial charge in [-0.25, -0.2) is 4.79 Å². The van der Waals surface area contributed by atoms with E-state index in [0.29, 0.717) is 11.3 Å². The van der Waals surface area contributed by atoms with Gasteiger partial charge in [-0.2, -0.15) is 26.4 Å². The van der Waals surface area contributed by atoms with Gasteiger partial charge in [-0.05, 0) is 32.9 Å². The predicted octanol–water partition coefficient (Wildman–Crippen LogP) is 2.97. The fraction of sp³-hybridized carbons (Fsp3) is 0.412. The van der Waals surface area contributed by atoms with Gasteiger partial charge in [0.15, 0.2) is 0 Å². The van der Waals surface area contributed by atoms with Crippen LogP contribution in [0.25, 0.3) is 0 Å². The third-order valence-corrected chi connectivity index (χ3v) is 5.31. The summed E-state index contributed by atoms with van der Waals surface area (Å²) in [5, 5.41) is 4.05. The molecule has 28 heavy (non-hydrogen) atoms. The quantitative estimate of drug-likeness (QED) is 0.763. The molecule has 0 unspecified atom stereocenters. The van der Waals surface area contributed by atoms with E-state index in [2.05, 4.69) is 9.84 Å². The van der Waals surface area contributed by atoms with Crippen LogP contribution in [0.1, 0.15) is 32.0 Å². The van der Waals surface area contributed by atoms with Gasteiger partial charge in [0.2, 0.25) is 0 Å². The molecule has 3 rings (SSSR count). The lowest BCUT2D eigenvalue weighted by atomic mass is 10.2. The summed E-state index contributed by atoms with van der Waals surface area (Å²) in [5.41, 5.74) is 0.343. The number of rotatable bonds is 4. The molecule has 0 aliphatic carbocycles. The van der Waals surface area contributed by atoms with Gasteiger partial charge in [-0.3, -0.25) is 4.90 Å². The third-order valence-electron chi connectivity index (χ3n) is 3.78. The number of carbonyl (C=O) groups is 1. The number of alkyl halides is 2. The Bertz CT molecular complexity index is 975. The zero-order valence-corrected chi connectivity index (χ0v) is 16.2. The smallest absolute Gasteiger partial charge is 0.410 e. The highest BCUT2D eigenvalue weighted by molar-refractivity contribution is 7.89. The van der Waals surface area contributed by atoms with Crippen LogP contribution in [0.15, 0.2) is 35.4 Å². The van der Waals surface area contributed by atoms with Gasteiger partial charge in [0.05, 0.1) is 23.7 Å². The molecule has 0 atom stereocenters. The number of hydrogen-bond donors (Lipinski definition) is 0. The summed E-state index contributed by atoms with van der Waals surface area (Å²) in [6.07, 6.45) is 0.784. The van der Waals surface area contributed by atoms with Crippen molar-refractivity contribution in [1.29, 1.82) is 0 Å². The van der Waals surface area contributed by atoms with Crippen LogP contribution in [0.3, 0.4) is 0 Å². The number of fused-ring (bicyclic) bond motifs is 1. The number of aromatic nitrogens is 2. The first-order valence-corrected chi connectivity index (χ1v) is 9.75. The lowest BCUT2D eigenvalue weighted by Crippen LogP contribution is -2.33. The normalized spacial score (nSPS) is 14.3. The summed E-state index contributed by atoms with van der Waals surface area (Å²) < 4.78 is 60.5. The van der Waals surface area contributed by atoms with Gasteiger partial charge >= 0.3 is 12.7 Å². The molecule has 1 aliphatic rings. The van der Waals surface area contributed by atoms with Crippen LogP contribution < -0.4 is 4.74 Å². The maximum absolute atomic E-state index is 12.7. The minimum absolute atomic E-state index is 0.112. The highest BCUT2D eigenvalue weighted by Gasteiger charge is 2.32. The first kappa shape index (κ1) is 20.1. The zero-order valence-electron chi connectivity index (χ0n) is 15.4. The average Bonchev–Trinajstić information content (AvgIpc) is 3.12. The number of halogens is 2. The summed E-state index contributed by atoms with van der Waals surface area (Å²) in [6, 6.07) is 4.79. The van der Waals surface area contributed by atoms with E-state index in [1.165, 1.54) is 29.3 Å². The standard InChI is InChI=1S/C17H19F2N3O5S/c1-17(2,3)27-16(23)21-8-11-9-22(20-14(11)10-21)28(24,25)13-6-4-5-12(7-13)26-15(18)19/h4-7,9,15H,8,10H2,1-3H3. The van der Waals surface area contributed by atoms with E-state index < -0.39 is 28.3 Å². The van der Waals surface area contributed by atoms with Crippen molar-refractivity contribution in [3.05, 3.63) is 41.7 Å². The number of benzene rings is 1. The summed E-state index contributed by atoms with van der Waals surface area (Å²) in [4.78, 5) is 13.3. The monoisotopic (exact) mass is 415 g/mol. The van der Waals surface area contributed by atoms with Crippen molar-refractivity contribution in [2.45, 2.75) is 51.0 Å². The van der Waals surface area contributed by atoms with Crippen LogP contribution in [0.2, 0.25) is 0 Å². The summed E-state index contributed by atoms with van der Waals surface area (Å²) in [6.45, 7) is 2.46. The number of carbonyl (C=O) groups excluding carboxylic acids is 1. The van der Waals surface area contributed by atoms with Gasteiger partial charge in [0.1, 0.15) is 11.4 Å². The molecule has 8 nitrogen and oxygen atoms in total.